The number of nitrogens with zero attached hydrogens (tertiary/aromatic N) is 2. The lowest BCUT2D eigenvalue weighted by atomic mass is 9.75. The van der Waals surface area contributed by atoms with Crippen LogP contribution in [-0.2, 0) is 23.7 Å². The first-order valence-electron chi connectivity index (χ1n) is 10.2. The number of fused-ring (bicyclic) bond motifs is 1. The average Bonchev–Trinajstić information content (AvgIpc) is 3.19. The maximum absolute atomic E-state index is 13.1. The predicted octanol–water partition coefficient (Wildman–Crippen LogP) is 2.30. The van der Waals surface area contributed by atoms with E-state index in [1.807, 2.05) is 0 Å². The van der Waals surface area contributed by atoms with Crippen molar-refractivity contribution in [3.8, 4) is 0 Å². The number of hydrazone groups is 1. The molecule has 7 heteroatoms. The number of ether oxygens (including phenoxy) is 4. The zero-order valence-electron chi connectivity index (χ0n) is 15.4. The van der Waals surface area contributed by atoms with Crippen LogP contribution in [0.4, 0.5) is 0 Å². The third-order valence-corrected chi connectivity index (χ3v) is 5.81. The van der Waals surface area contributed by atoms with Gasteiger partial charge in [0.2, 0.25) is 5.91 Å². The van der Waals surface area contributed by atoms with Gasteiger partial charge in [0, 0.05) is 24.7 Å². The molecule has 3 unspecified atom stereocenters. The van der Waals surface area contributed by atoms with E-state index in [0.717, 1.165) is 45.1 Å². The minimum absolute atomic E-state index is 0.0863. The third-order valence-electron chi connectivity index (χ3n) is 5.81. The summed E-state index contributed by atoms with van der Waals surface area (Å²) in [7, 11) is 0. The summed E-state index contributed by atoms with van der Waals surface area (Å²) in [6, 6.07) is 0. The summed E-state index contributed by atoms with van der Waals surface area (Å²) in [5, 5.41) is 6.31. The van der Waals surface area contributed by atoms with Gasteiger partial charge in [-0.1, -0.05) is 6.42 Å². The van der Waals surface area contributed by atoms with Gasteiger partial charge in [0.15, 0.2) is 12.6 Å². The Morgan fingerprint density at radius 3 is 2.69 bits per heavy atom. The number of amides is 1. The fourth-order valence-corrected chi connectivity index (χ4v) is 4.44. The van der Waals surface area contributed by atoms with E-state index in [9.17, 15) is 4.79 Å². The Labute approximate surface area is 155 Å². The van der Waals surface area contributed by atoms with Crippen molar-refractivity contribution in [2.45, 2.75) is 63.9 Å². The van der Waals surface area contributed by atoms with Crippen LogP contribution in [0.15, 0.2) is 5.10 Å². The van der Waals surface area contributed by atoms with Gasteiger partial charge in [0.05, 0.1) is 32.3 Å². The molecule has 7 nitrogen and oxygen atoms in total. The van der Waals surface area contributed by atoms with Gasteiger partial charge in [0.1, 0.15) is 0 Å². The smallest absolute Gasteiger partial charge is 0.246 e. The van der Waals surface area contributed by atoms with Crippen LogP contribution in [0, 0.1) is 11.8 Å². The Morgan fingerprint density at radius 2 is 1.88 bits per heavy atom. The van der Waals surface area contributed by atoms with Crippen molar-refractivity contribution in [3.05, 3.63) is 0 Å². The van der Waals surface area contributed by atoms with Gasteiger partial charge in [-0.05, 0) is 38.5 Å². The molecule has 2 saturated heterocycles. The second-order valence-electron chi connectivity index (χ2n) is 7.59. The SMILES string of the molecule is O=C1C(CC2OCCO2)C2CCCCC2=NN1CCOC1CCCCO1. The molecule has 0 aromatic carbocycles. The van der Waals surface area contributed by atoms with Gasteiger partial charge < -0.3 is 18.9 Å². The lowest BCUT2D eigenvalue weighted by Crippen LogP contribution is -2.47. The normalized spacial score (nSPS) is 33.2. The van der Waals surface area contributed by atoms with Crippen LogP contribution in [0.25, 0.3) is 0 Å². The molecule has 0 N–H and O–H groups in total. The lowest BCUT2D eigenvalue weighted by Gasteiger charge is -2.38. The summed E-state index contributed by atoms with van der Waals surface area (Å²) in [6.45, 7) is 2.95. The number of rotatable bonds is 6. The molecule has 0 bridgehead atoms. The standard InChI is InChI=1S/C19H30N2O5/c22-19-15(13-18-25-11-12-26-18)14-5-1-2-6-16(14)20-21(19)8-10-24-17-7-3-4-9-23-17/h14-15,17-18H,1-13H2. The quantitative estimate of drug-likeness (QED) is 0.721. The third kappa shape index (κ3) is 4.27. The topological polar surface area (TPSA) is 69.6 Å². The Kier molecular flexibility index (Phi) is 6.20. The van der Waals surface area contributed by atoms with E-state index in [1.165, 1.54) is 12.1 Å². The van der Waals surface area contributed by atoms with Crippen molar-refractivity contribution < 1.29 is 23.7 Å². The first-order chi connectivity index (χ1) is 12.8. The largest absolute Gasteiger partial charge is 0.353 e. The molecule has 0 aromatic heterocycles. The maximum Gasteiger partial charge on any atom is 0.246 e. The highest BCUT2D eigenvalue weighted by Crippen LogP contribution is 2.36. The summed E-state index contributed by atoms with van der Waals surface area (Å²) >= 11 is 0. The molecular weight excluding hydrogens is 336 g/mol. The van der Waals surface area contributed by atoms with Crippen molar-refractivity contribution in [3.63, 3.8) is 0 Å². The molecule has 0 spiro atoms. The summed E-state index contributed by atoms with van der Waals surface area (Å²) in [4.78, 5) is 13.1. The fourth-order valence-electron chi connectivity index (χ4n) is 4.44. The Morgan fingerprint density at radius 1 is 1.04 bits per heavy atom. The van der Waals surface area contributed by atoms with Gasteiger partial charge in [-0.3, -0.25) is 4.79 Å². The summed E-state index contributed by atoms with van der Waals surface area (Å²) in [5.41, 5.74) is 1.17. The molecule has 3 aliphatic heterocycles. The molecule has 3 fully saturated rings. The minimum Gasteiger partial charge on any atom is -0.353 e. The van der Waals surface area contributed by atoms with E-state index in [1.54, 1.807) is 5.01 Å². The molecule has 1 amide bonds. The number of carbonyl (C=O) groups is 1. The van der Waals surface area contributed by atoms with Gasteiger partial charge in [-0.2, -0.15) is 5.10 Å². The molecule has 3 atom stereocenters. The van der Waals surface area contributed by atoms with Gasteiger partial charge in [0.25, 0.3) is 0 Å². The summed E-state index contributed by atoms with van der Waals surface area (Å²) in [6.07, 6.45) is 7.79. The van der Waals surface area contributed by atoms with Crippen molar-refractivity contribution in [2.75, 3.05) is 33.0 Å². The van der Waals surface area contributed by atoms with E-state index in [0.29, 0.717) is 32.8 Å². The van der Waals surface area contributed by atoms with Crippen molar-refractivity contribution in [1.29, 1.82) is 0 Å². The molecular formula is C19H30N2O5. The second-order valence-corrected chi connectivity index (χ2v) is 7.59. The summed E-state index contributed by atoms with van der Waals surface area (Å²) in [5.74, 6) is 0.257. The molecule has 4 aliphatic rings. The van der Waals surface area contributed by atoms with E-state index >= 15 is 0 Å². The number of hydrogen-bond donors (Lipinski definition) is 0. The monoisotopic (exact) mass is 366 g/mol. The second kappa shape index (κ2) is 8.78. The van der Waals surface area contributed by atoms with Gasteiger partial charge in [-0.15, -0.1) is 0 Å². The Hall–Kier alpha value is -1.02. The molecule has 0 radical (unpaired) electrons. The minimum atomic E-state index is -0.251. The molecule has 1 saturated carbocycles. The lowest BCUT2D eigenvalue weighted by molar-refractivity contribution is -0.168. The zero-order chi connectivity index (χ0) is 17.8. The van der Waals surface area contributed by atoms with E-state index < -0.39 is 0 Å². The first-order valence-corrected chi connectivity index (χ1v) is 10.2. The molecule has 146 valence electrons. The maximum atomic E-state index is 13.1. The molecule has 4 rings (SSSR count). The van der Waals surface area contributed by atoms with E-state index in [4.69, 9.17) is 24.0 Å². The Bertz CT molecular complexity index is 514. The van der Waals surface area contributed by atoms with Crippen molar-refractivity contribution >= 4 is 11.6 Å². The van der Waals surface area contributed by atoms with Gasteiger partial charge in [-0.25, -0.2) is 5.01 Å². The molecule has 0 aromatic rings. The van der Waals surface area contributed by atoms with Crippen LogP contribution < -0.4 is 0 Å². The van der Waals surface area contributed by atoms with E-state index in [2.05, 4.69) is 0 Å². The van der Waals surface area contributed by atoms with E-state index in [-0.39, 0.29) is 30.3 Å². The van der Waals surface area contributed by atoms with Crippen molar-refractivity contribution in [2.24, 2.45) is 16.9 Å². The van der Waals surface area contributed by atoms with Crippen LogP contribution in [0.1, 0.15) is 51.4 Å². The number of hydrogen-bond acceptors (Lipinski definition) is 6. The van der Waals surface area contributed by atoms with Crippen LogP contribution in [0.3, 0.4) is 0 Å². The van der Waals surface area contributed by atoms with Crippen LogP contribution >= 0.6 is 0 Å². The Balaban J connectivity index is 1.37. The predicted molar refractivity (Wildman–Crippen MR) is 94.4 cm³/mol. The fraction of sp³-hybridized carbons (Fsp3) is 0.895. The molecule has 1 aliphatic carbocycles. The van der Waals surface area contributed by atoms with Crippen molar-refractivity contribution in [1.82, 2.24) is 5.01 Å². The van der Waals surface area contributed by atoms with Gasteiger partial charge >= 0.3 is 0 Å². The highest BCUT2D eigenvalue weighted by atomic mass is 16.7. The number of carbonyl (C=O) groups excluding carboxylic acids is 1. The summed E-state index contributed by atoms with van der Waals surface area (Å²) < 4.78 is 22.6. The molecule has 26 heavy (non-hydrogen) atoms. The van der Waals surface area contributed by atoms with Crippen LogP contribution in [0.2, 0.25) is 0 Å². The highest BCUT2D eigenvalue weighted by molar-refractivity contribution is 5.96. The first kappa shape index (κ1) is 18.3. The highest BCUT2D eigenvalue weighted by Gasteiger charge is 2.42. The van der Waals surface area contributed by atoms with Crippen LogP contribution in [-0.4, -0.2) is 62.2 Å². The molecule has 3 heterocycles. The zero-order valence-corrected chi connectivity index (χ0v) is 15.4. The average molecular weight is 366 g/mol. The van der Waals surface area contributed by atoms with Crippen LogP contribution in [0.5, 0.6) is 0 Å².